The van der Waals surface area contributed by atoms with Crippen molar-refractivity contribution in [2.45, 2.75) is 13.5 Å². The molecule has 1 rings (SSSR count). The number of oxime groups is 1. The summed E-state index contributed by atoms with van der Waals surface area (Å²) >= 11 is 5.99. The average molecular weight is 286 g/mol. The fourth-order valence-corrected chi connectivity index (χ4v) is 2.08. The summed E-state index contributed by atoms with van der Waals surface area (Å²) < 4.78 is 5.30. The van der Waals surface area contributed by atoms with Crippen LogP contribution in [0.5, 0.6) is 5.75 Å². The molecule has 6 heteroatoms. The number of hydrogen-bond donors (Lipinski definition) is 2. The van der Waals surface area contributed by atoms with Gasteiger partial charge in [-0.3, -0.25) is 0 Å². The minimum Gasteiger partial charge on any atom is -0.496 e. The van der Waals surface area contributed by atoms with E-state index < -0.39 is 0 Å². The summed E-state index contributed by atoms with van der Waals surface area (Å²) in [6.45, 7) is 3.25. The molecule has 0 aliphatic carbocycles. The zero-order chi connectivity index (χ0) is 14.4. The van der Waals surface area contributed by atoms with E-state index in [0.29, 0.717) is 18.1 Å². The van der Waals surface area contributed by atoms with Crippen molar-refractivity contribution in [2.24, 2.45) is 16.8 Å². The monoisotopic (exact) mass is 285 g/mol. The molecule has 3 N–H and O–H groups in total. The summed E-state index contributed by atoms with van der Waals surface area (Å²) in [4.78, 5) is 2.07. The average Bonchev–Trinajstić information content (AvgIpc) is 2.37. The van der Waals surface area contributed by atoms with Crippen molar-refractivity contribution in [3.05, 3.63) is 28.8 Å². The first-order chi connectivity index (χ1) is 8.97. The Bertz CT molecular complexity index is 452. The molecular weight excluding hydrogens is 266 g/mol. The highest BCUT2D eigenvalue weighted by Crippen LogP contribution is 2.23. The van der Waals surface area contributed by atoms with Gasteiger partial charge in [-0.05, 0) is 25.2 Å². The van der Waals surface area contributed by atoms with Crippen LogP contribution in [0.1, 0.15) is 12.5 Å². The van der Waals surface area contributed by atoms with Crippen molar-refractivity contribution in [1.29, 1.82) is 0 Å². The van der Waals surface area contributed by atoms with Gasteiger partial charge < -0.3 is 20.6 Å². The molecule has 106 valence electrons. The molecule has 0 spiro atoms. The van der Waals surface area contributed by atoms with Gasteiger partial charge in [0.05, 0.1) is 7.11 Å². The van der Waals surface area contributed by atoms with Gasteiger partial charge >= 0.3 is 0 Å². The van der Waals surface area contributed by atoms with Crippen molar-refractivity contribution in [3.8, 4) is 5.75 Å². The van der Waals surface area contributed by atoms with Gasteiger partial charge in [-0.2, -0.15) is 0 Å². The van der Waals surface area contributed by atoms with E-state index in [0.717, 1.165) is 11.3 Å². The SMILES string of the molecule is COc1ccc(Cl)cc1CN(C)CC(C)/C(N)=N/O. The van der Waals surface area contributed by atoms with Gasteiger partial charge in [-0.25, -0.2) is 0 Å². The van der Waals surface area contributed by atoms with Crippen molar-refractivity contribution in [3.63, 3.8) is 0 Å². The highest BCUT2D eigenvalue weighted by Gasteiger charge is 2.13. The van der Waals surface area contributed by atoms with Crippen LogP contribution in [0.25, 0.3) is 0 Å². The maximum atomic E-state index is 8.63. The molecule has 19 heavy (non-hydrogen) atoms. The zero-order valence-corrected chi connectivity index (χ0v) is 12.2. The van der Waals surface area contributed by atoms with Gasteiger partial charge in [0.15, 0.2) is 0 Å². The standard InChI is InChI=1S/C13H20ClN3O2/c1-9(13(15)16-18)7-17(2)8-10-6-11(14)4-5-12(10)19-3/h4-6,9,18H,7-8H2,1-3H3,(H2,15,16). The third-order valence-corrected chi connectivity index (χ3v) is 3.12. The molecule has 0 radical (unpaired) electrons. The fraction of sp³-hybridized carbons (Fsp3) is 0.462. The van der Waals surface area contributed by atoms with E-state index in [-0.39, 0.29) is 11.8 Å². The zero-order valence-electron chi connectivity index (χ0n) is 11.4. The van der Waals surface area contributed by atoms with Crippen LogP contribution in [0.15, 0.2) is 23.4 Å². The lowest BCUT2D eigenvalue weighted by atomic mass is 10.1. The van der Waals surface area contributed by atoms with Crippen LogP contribution in [0, 0.1) is 5.92 Å². The van der Waals surface area contributed by atoms with Crippen molar-refractivity contribution in [2.75, 3.05) is 20.7 Å². The molecule has 1 unspecified atom stereocenters. The Morgan fingerprint density at radius 2 is 2.26 bits per heavy atom. The van der Waals surface area contributed by atoms with Crippen LogP contribution in [0.4, 0.5) is 0 Å². The number of ether oxygens (including phenoxy) is 1. The molecule has 0 aliphatic heterocycles. The van der Waals surface area contributed by atoms with E-state index in [1.54, 1.807) is 13.2 Å². The van der Waals surface area contributed by atoms with Crippen LogP contribution in [0.3, 0.4) is 0 Å². The van der Waals surface area contributed by atoms with E-state index in [9.17, 15) is 0 Å². The number of hydrogen-bond acceptors (Lipinski definition) is 4. The first kappa shape index (κ1) is 15.6. The molecule has 0 bridgehead atoms. The highest BCUT2D eigenvalue weighted by molar-refractivity contribution is 6.30. The van der Waals surface area contributed by atoms with E-state index in [1.165, 1.54) is 0 Å². The lowest BCUT2D eigenvalue weighted by Crippen LogP contribution is -2.32. The van der Waals surface area contributed by atoms with Crippen LogP contribution < -0.4 is 10.5 Å². The second-order valence-corrected chi connectivity index (χ2v) is 5.02. The maximum absolute atomic E-state index is 8.63. The summed E-state index contributed by atoms with van der Waals surface area (Å²) in [5, 5.41) is 12.3. The second-order valence-electron chi connectivity index (χ2n) is 4.58. The molecule has 1 atom stereocenters. The van der Waals surface area contributed by atoms with Gasteiger partial charge in [0.2, 0.25) is 0 Å². The molecule has 1 aromatic rings. The molecule has 0 saturated heterocycles. The van der Waals surface area contributed by atoms with Crippen molar-refractivity contribution < 1.29 is 9.94 Å². The number of halogens is 1. The minimum absolute atomic E-state index is 0.0276. The van der Waals surface area contributed by atoms with Crippen LogP contribution in [-0.4, -0.2) is 36.6 Å². The van der Waals surface area contributed by atoms with E-state index >= 15 is 0 Å². The smallest absolute Gasteiger partial charge is 0.143 e. The maximum Gasteiger partial charge on any atom is 0.143 e. The van der Waals surface area contributed by atoms with Crippen molar-refractivity contribution >= 4 is 17.4 Å². The Balaban J connectivity index is 2.71. The number of rotatable bonds is 6. The van der Waals surface area contributed by atoms with Gasteiger partial charge in [-0.15, -0.1) is 0 Å². The number of amidine groups is 1. The summed E-state index contributed by atoms with van der Waals surface area (Å²) in [5.41, 5.74) is 6.57. The number of methoxy groups -OCH3 is 1. The van der Waals surface area contributed by atoms with E-state index in [4.69, 9.17) is 27.3 Å². The Morgan fingerprint density at radius 3 is 2.84 bits per heavy atom. The Morgan fingerprint density at radius 1 is 1.58 bits per heavy atom. The highest BCUT2D eigenvalue weighted by atomic mass is 35.5. The van der Waals surface area contributed by atoms with Crippen LogP contribution >= 0.6 is 11.6 Å². The summed E-state index contributed by atoms with van der Waals surface area (Å²) in [6, 6.07) is 5.52. The van der Waals surface area contributed by atoms with Crippen LogP contribution in [0.2, 0.25) is 5.02 Å². The first-order valence-corrected chi connectivity index (χ1v) is 6.34. The second kappa shape index (κ2) is 7.21. The molecule has 0 saturated carbocycles. The van der Waals surface area contributed by atoms with E-state index in [2.05, 4.69) is 10.1 Å². The number of benzene rings is 1. The van der Waals surface area contributed by atoms with Crippen molar-refractivity contribution in [1.82, 2.24) is 4.90 Å². The topological polar surface area (TPSA) is 71.1 Å². The predicted molar refractivity (Wildman–Crippen MR) is 76.9 cm³/mol. The Labute approximate surface area is 118 Å². The summed E-state index contributed by atoms with van der Waals surface area (Å²) in [5.74, 6) is 0.998. The largest absolute Gasteiger partial charge is 0.496 e. The van der Waals surface area contributed by atoms with Gasteiger partial charge in [0.25, 0.3) is 0 Å². The lowest BCUT2D eigenvalue weighted by molar-refractivity contribution is 0.287. The fourth-order valence-electron chi connectivity index (χ4n) is 1.89. The molecule has 1 aromatic carbocycles. The molecule has 0 fully saturated rings. The van der Waals surface area contributed by atoms with Gasteiger partial charge in [-0.1, -0.05) is 23.7 Å². The predicted octanol–water partition coefficient (Wildman–Crippen LogP) is 2.16. The number of nitrogens with zero attached hydrogens (tertiary/aromatic N) is 2. The summed E-state index contributed by atoms with van der Waals surface area (Å²) in [6.07, 6.45) is 0. The van der Waals surface area contributed by atoms with E-state index in [1.807, 2.05) is 26.1 Å². The Hall–Kier alpha value is -1.46. The van der Waals surface area contributed by atoms with Gasteiger partial charge in [0.1, 0.15) is 11.6 Å². The molecular formula is C13H20ClN3O2. The molecule has 5 nitrogen and oxygen atoms in total. The lowest BCUT2D eigenvalue weighted by Gasteiger charge is -2.21. The third kappa shape index (κ3) is 4.61. The Kier molecular flexibility index (Phi) is 5.92. The van der Waals surface area contributed by atoms with Gasteiger partial charge in [0, 0.05) is 29.6 Å². The summed E-state index contributed by atoms with van der Waals surface area (Å²) in [7, 11) is 3.59. The molecule has 0 heterocycles. The quantitative estimate of drug-likeness (QED) is 0.364. The van der Waals surface area contributed by atoms with Crippen LogP contribution in [-0.2, 0) is 6.54 Å². The molecule has 0 aromatic heterocycles. The number of nitrogens with two attached hydrogens (primary N) is 1. The minimum atomic E-state index is -0.0276. The third-order valence-electron chi connectivity index (χ3n) is 2.89. The first-order valence-electron chi connectivity index (χ1n) is 5.96. The molecule has 0 amide bonds. The normalized spacial score (nSPS) is 13.6. The molecule has 0 aliphatic rings.